The van der Waals surface area contributed by atoms with Gasteiger partial charge in [0.25, 0.3) is 0 Å². The van der Waals surface area contributed by atoms with Crippen LogP contribution in [-0.4, -0.2) is 26.8 Å². The van der Waals surface area contributed by atoms with Gasteiger partial charge in [0.05, 0.1) is 5.69 Å². The van der Waals surface area contributed by atoms with Crippen molar-refractivity contribution in [3.63, 3.8) is 0 Å². The maximum atomic E-state index is 11.7. The molecule has 0 bridgehead atoms. The lowest BCUT2D eigenvalue weighted by Crippen LogP contribution is -2.28. The van der Waals surface area contributed by atoms with Gasteiger partial charge < -0.3 is 5.32 Å². The van der Waals surface area contributed by atoms with E-state index in [0.29, 0.717) is 5.69 Å². The highest BCUT2D eigenvalue weighted by atomic mass is 79.9. The zero-order valence-corrected chi connectivity index (χ0v) is 15.0. The Labute approximate surface area is 139 Å². The quantitative estimate of drug-likeness (QED) is 0.826. The first-order valence-electron chi connectivity index (χ1n) is 6.61. The molecule has 0 spiro atoms. The smallest absolute Gasteiger partial charge is 0.301 e. The highest BCUT2D eigenvalue weighted by Gasteiger charge is 2.12. The highest BCUT2D eigenvalue weighted by molar-refractivity contribution is 9.10. The predicted molar refractivity (Wildman–Crippen MR) is 94.8 cm³/mol. The van der Waals surface area contributed by atoms with E-state index in [1.807, 2.05) is 37.3 Å². The fourth-order valence-corrected chi connectivity index (χ4v) is 2.95. The van der Waals surface area contributed by atoms with Gasteiger partial charge in [-0.1, -0.05) is 6.07 Å². The van der Waals surface area contributed by atoms with Crippen LogP contribution in [0.2, 0.25) is 0 Å². The van der Waals surface area contributed by atoms with Gasteiger partial charge in [-0.25, -0.2) is 0 Å². The molecule has 2 rings (SSSR count). The van der Waals surface area contributed by atoms with Crippen LogP contribution in [0.15, 0.2) is 46.9 Å². The van der Waals surface area contributed by atoms with Crippen LogP contribution in [0.25, 0.3) is 0 Å². The van der Waals surface area contributed by atoms with Crippen molar-refractivity contribution in [3.05, 3.63) is 52.5 Å². The van der Waals surface area contributed by atoms with E-state index in [1.54, 1.807) is 12.1 Å². The SMILES string of the molecule is Cc1ccc(Nc2ccc(NS(=O)(=O)N(C)C)cc2)c(Br)c1. The average Bonchev–Trinajstić information content (AvgIpc) is 2.43. The summed E-state index contributed by atoms with van der Waals surface area (Å²) in [7, 11) is -0.520. The first-order chi connectivity index (χ1) is 10.3. The molecular formula is C15H18BrN3O2S. The molecule has 0 fully saturated rings. The molecule has 0 atom stereocenters. The summed E-state index contributed by atoms with van der Waals surface area (Å²) in [5.41, 5.74) is 3.51. The molecule has 0 saturated heterocycles. The Morgan fingerprint density at radius 2 is 1.59 bits per heavy atom. The molecule has 0 aromatic heterocycles. The summed E-state index contributed by atoms with van der Waals surface area (Å²) in [5.74, 6) is 0. The summed E-state index contributed by atoms with van der Waals surface area (Å²) in [6, 6.07) is 13.1. The summed E-state index contributed by atoms with van der Waals surface area (Å²) >= 11 is 3.52. The molecule has 5 nitrogen and oxygen atoms in total. The number of rotatable bonds is 5. The summed E-state index contributed by atoms with van der Waals surface area (Å²) in [4.78, 5) is 0. The van der Waals surface area contributed by atoms with Gasteiger partial charge in [0.1, 0.15) is 0 Å². The monoisotopic (exact) mass is 383 g/mol. The van der Waals surface area contributed by atoms with Crippen molar-refractivity contribution in [2.24, 2.45) is 0 Å². The van der Waals surface area contributed by atoms with Gasteiger partial charge in [0.15, 0.2) is 0 Å². The van der Waals surface area contributed by atoms with Crippen molar-refractivity contribution in [2.75, 3.05) is 24.1 Å². The normalized spacial score (nSPS) is 11.5. The standard InChI is InChI=1S/C15H18BrN3O2S/c1-11-4-9-15(14(16)10-11)17-12-5-7-13(8-6-12)18-22(20,21)19(2)3/h4-10,17-18H,1-3H3. The topological polar surface area (TPSA) is 61.4 Å². The lowest BCUT2D eigenvalue weighted by molar-refractivity contribution is 0.527. The van der Waals surface area contributed by atoms with E-state index < -0.39 is 10.2 Å². The third-order valence-corrected chi connectivity index (χ3v) is 5.13. The molecular weight excluding hydrogens is 366 g/mol. The molecule has 0 aliphatic rings. The Bertz CT molecular complexity index is 759. The Morgan fingerprint density at radius 3 is 2.14 bits per heavy atom. The van der Waals surface area contributed by atoms with E-state index in [0.717, 1.165) is 20.2 Å². The minimum atomic E-state index is -3.48. The van der Waals surface area contributed by atoms with E-state index in [-0.39, 0.29) is 0 Å². The minimum Gasteiger partial charge on any atom is -0.355 e. The summed E-state index contributed by atoms with van der Waals surface area (Å²) in [6.07, 6.45) is 0. The van der Waals surface area contributed by atoms with Crippen LogP contribution in [-0.2, 0) is 10.2 Å². The van der Waals surface area contributed by atoms with Crippen molar-refractivity contribution in [2.45, 2.75) is 6.92 Å². The largest absolute Gasteiger partial charge is 0.355 e. The summed E-state index contributed by atoms with van der Waals surface area (Å²) < 4.78 is 28.1. The second-order valence-corrected chi connectivity index (χ2v) is 7.81. The fourth-order valence-electron chi connectivity index (χ4n) is 1.74. The van der Waals surface area contributed by atoms with E-state index >= 15 is 0 Å². The molecule has 0 radical (unpaired) electrons. The van der Waals surface area contributed by atoms with Crippen LogP contribution < -0.4 is 10.0 Å². The van der Waals surface area contributed by atoms with Crippen LogP contribution in [0.5, 0.6) is 0 Å². The number of hydrogen-bond donors (Lipinski definition) is 2. The first kappa shape index (κ1) is 16.8. The fraction of sp³-hybridized carbons (Fsp3) is 0.200. The van der Waals surface area contributed by atoms with E-state index in [1.165, 1.54) is 19.7 Å². The Kier molecular flexibility index (Phi) is 5.10. The maximum Gasteiger partial charge on any atom is 0.301 e. The van der Waals surface area contributed by atoms with Crippen molar-refractivity contribution in [1.29, 1.82) is 0 Å². The van der Waals surface area contributed by atoms with Crippen molar-refractivity contribution < 1.29 is 8.42 Å². The highest BCUT2D eigenvalue weighted by Crippen LogP contribution is 2.27. The number of halogens is 1. The predicted octanol–water partition coefficient (Wildman–Crippen LogP) is 3.72. The number of nitrogens with zero attached hydrogens (tertiary/aromatic N) is 1. The molecule has 0 amide bonds. The number of benzene rings is 2. The van der Waals surface area contributed by atoms with Gasteiger partial charge in [-0.3, -0.25) is 4.72 Å². The van der Waals surface area contributed by atoms with Crippen molar-refractivity contribution in [3.8, 4) is 0 Å². The third-order valence-electron chi connectivity index (χ3n) is 3.02. The van der Waals surface area contributed by atoms with Crippen molar-refractivity contribution >= 4 is 43.2 Å². The van der Waals surface area contributed by atoms with E-state index in [2.05, 4.69) is 26.0 Å². The lowest BCUT2D eigenvalue weighted by Gasteiger charge is -2.14. The molecule has 118 valence electrons. The molecule has 0 aliphatic heterocycles. The van der Waals surface area contributed by atoms with Crippen LogP contribution in [0, 0.1) is 6.92 Å². The van der Waals surface area contributed by atoms with E-state index in [4.69, 9.17) is 0 Å². The van der Waals surface area contributed by atoms with Gasteiger partial charge in [-0.2, -0.15) is 12.7 Å². The number of aryl methyl sites for hydroxylation is 1. The van der Waals surface area contributed by atoms with Crippen LogP contribution in [0.4, 0.5) is 17.1 Å². The lowest BCUT2D eigenvalue weighted by atomic mass is 10.2. The number of nitrogens with one attached hydrogen (secondary N) is 2. The maximum absolute atomic E-state index is 11.7. The molecule has 2 N–H and O–H groups in total. The Hall–Kier alpha value is -1.57. The first-order valence-corrected chi connectivity index (χ1v) is 8.85. The summed E-state index contributed by atoms with van der Waals surface area (Å²) in [5, 5.41) is 3.28. The van der Waals surface area contributed by atoms with Crippen LogP contribution >= 0.6 is 15.9 Å². The van der Waals surface area contributed by atoms with Gasteiger partial charge in [0.2, 0.25) is 0 Å². The van der Waals surface area contributed by atoms with Gasteiger partial charge in [0, 0.05) is 29.9 Å². The Morgan fingerprint density at radius 1 is 1.00 bits per heavy atom. The second-order valence-electron chi connectivity index (χ2n) is 5.08. The average molecular weight is 384 g/mol. The van der Waals surface area contributed by atoms with Crippen LogP contribution in [0.3, 0.4) is 0 Å². The number of anilines is 3. The minimum absolute atomic E-state index is 0.516. The number of hydrogen-bond acceptors (Lipinski definition) is 3. The molecule has 0 unspecified atom stereocenters. The van der Waals surface area contributed by atoms with Crippen LogP contribution in [0.1, 0.15) is 5.56 Å². The van der Waals surface area contributed by atoms with Crippen molar-refractivity contribution in [1.82, 2.24) is 4.31 Å². The zero-order chi connectivity index (χ0) is 16.3. The van der Waals surface area contributed by atoms with E-state index in [9.17, 15) is 8.42 Å². The third kappa shape index (κ3) is 4.22. The van der Waals surface area contributed by atoms with Gasteiger partial charge in [-0.05, 0) is 64.8 Å². The molecule has 2 aromatic rings. The molecule has 2 aromatic carbocycles. The zero-order valence-electron chi connectivity index (χ0n) is 12.6. The van der Waals surface area contributed by atoms with Gasteiger partial charge in [-0.15, -0.1) is 0 Å². The summed E-state index contributed by atoms with van der Waals surface area (Å²) in [6.45, 7) is 2.03. The molecule has 0 heterocycles. The molecule has 7 heteroatoms. The second kappa shape index (κ2) is 6.68. The molecule has 22 heavy (non-hydrogen) atoms. The Balaban J connectivity index is 2.12. The molecule has 0 aliphatic carbocycles. The molecule has 0 saturated carbocycles. The van der Waals surface area contributed by atoms with Gasteiger partial charge >= 0.3 is 10.2 Å².